The maximum Gasteiger partial charge on any atom is 0.181 e. The predicted octanol–water partition coefficient (Wildman–Crippen LogP) is 3.97. The summed E-state index contributed by atoms with van der Waals surface area (Å²) in [6.07, 6.45) is 1.23. The van der Waals surface area contributed by atoms with Crippen molar-refractivity contribution in [1.82, 2.24) is 24.5 Å². The average molecular weight is 343 g/mol. The number of aryl methyl sites for hydroxylation is 2. The first-order valence-corrected chi connectivity index (χ1v) is 8.88. The van der Waals surface area contributed by atoms with E-state index in [-0.39, 0.29) is 0 Å². The number of rotatable bonds is 3. The van der Waals surface area contributed by atoms with Gasteiger partial charge in [-0.15, -0.1) is 0 Å². The lowest BCUT2D eigenvalue weighted by molar-refractivity contribution is 0.194. The largest absolute Gasteiger partial charge is 0.387 e. The molecule has 3 aromatic heterocycles. The van der Waals surface area contributed by atoms with Crippen molar-refractivity contribution in [2.24, 2.45) is 7.05 Å². The van der Waals surface area contributed by atoms with E-state index in [0.717, 1.165) is 22.5 Å². The molecule has 0 aliphatic heterocycles. The molecule has 0 spiro atoms. The van der Waals surface area contributed by atoms with Gasteiger partial charge in [-0.1, -0.05) is 27.7 Å². The van der Waals surface area contributed by atoms with E-state index in [0.29, 0.717) is 17.3 Å². The van der Waals surface area contributed by atoms with Gasteiger partial charge in [0.15, 0.2) is 5.65 Å². The number of hydrogen-bond donors (Lipinski definition) is 1. The molecule has 0 bridgehead atoms. The Hall–Kier alpha value is -2.21. The summed E-state index contributed by atoms with van der Waals surface area (Å²) < 4.78 is 3.63. The maximum absolute atomic E-state index is 10.2. The molecule has 0 aromatic carbocycles. The van der Waals surface area contributed by atoms with Gasteiger partial charge in [-0.2, -0.15) is 10.2 Å². The summed E-state index contributed by atoms with van der Waals surface area (Å²) in [5.74, 6) is 0.397. The Labute approximate surface area is 149 Å². The molecule has 1 N–H and O–H groups in total. The fourth-order valence-electron chi connectivity index (χ4n) is 3.28. The number of nitrogens with zero attached hydrogens (tertiary/aromatic N) is 5. The highest BCUT2D eigenvalue weighted by Crippen LogP contribution is 2.29. The Kier molecular flexibility index (Phi) is 5.62. The van der Waals surface area contributed by atoms with Crippen LogP contribution in [0.5, 0.6) is 0 Å². The predicted molar refractivity (Wildman–Crippen MR) is 101 cm³/mol. The normalized spacial score (nSPS) is 12.4. The summed E-state index contributed by atoms with van der Waals surface area (Å²) in [6.45, 7) is 14.1. The van der Waals surface area contributed by atoms with Crippen LogP contribution < -0.4 is 0 Å². The van der Waals surface area contributed by atoms with Crippen molar-refractivity contribution in [3.63, 3.8) is 0 Å². The van der Waals surface area contributed by atoms with E-state index in [9.17, 15) is 5.11 Å². The van der Waals surface area contributed by atoms with Gasteiger partial charge in [-0.25, -0.2) is 9.67 Å². The molecule has 0 aliphatic carbocycles. The smallest absolute Gasteiger partial charge is 0.181 e. The summed E-state index contributed by atoms with van der Waals surface area (Å²) in [5, 5.41) is 20.1. The summed E-state index contributed by atoms with van der Waals surface area (Å²) in [7, 11) is 1.86. The lowest BCUT2D eigenvalue weighted by atomic mass is 10.0. The summed E-state index contributed by atoms with van der Waals surface area (Å²) >= 11 is 0. The van der Waals surface area contributed by atoms with Crippen LogP contribution >= 0.6 is 0 Å². The van der Waals surface area contributed by atoms with Crippen LogP contribution in [0.15, 0.2) is 12.3 Å². The zero-order chi connectivity index (χ0) is 18.9. The van der Waals surface area contributed by atoms with Crippen LogP contribution in [0.25, 0.3) is 16.7 Å². The maximum atomic E-state index is 10.2. The Morgan fingerprint density at radius 1 is 1.08 bits per heavy atom. The minimum Gasteiger partial charge on any atom is -0.387 e. The van der Waals surface area contributed by atoms with Gasteiger partial charge in [-0.05, 0) is 38.3 Å². The molecule has 1 atom stereocenters. The molecule has 1 unspecified atom stereocenters. The number of aliphatic hydroxyl groups is 1. The molecule has 6 nitrogen and oxygen atoms in total. The van der Waals surface area contributed by atoms with Crippen LogP contribution in [0.3, 0.4) is 0 Å². The van der Waals surface area contributed by atoms with Gasteiger partial charge >= 0.3 is 0 Å². The molecular formula is C19H29N5O. The molecule has 25 heavy (non-hydrogen) atoms. The van der Waals surface area contributed by atoms with Crippen molar-refractivity contribution in [2.75, 3.05) is 0 Å². The van der Waals surface area contributed by atoms with Gasteiger partial charge in [0.1, 0.15) is 0 Å². The van der Waals surface area contributed by atoms with E-state index in [1.807, 2.05) is 44.8 Å². The highest BCUT2D eigenvalue weighted by Gasteiger charge is 2.21. The van der Waals surface area contributed by atoms with Crippen molar-refractivity contribution < 1.29 is 5.11 Å². The van der Waals surface area contributed by atoms with E-state index < -0.39 is 6.10 Å². The van der Waals surface area contributed by atoms with Crippen molar-refractivity contribution >= 4 is 11.0 Å². The lowest BCUT2D eigenvalue weighted by Crippen LogP contribution is -2.08. The van der Waals surface area contributed by atoms with E-state index in [2.05, 4.69) is 30.9 Å². The van der Waals surface area contributed by atoms with Gasteiger partial charge in [-0.3, -0.25) is 4.68 Å². The van der Waals surface area contributed by atoms with Crippen LogP contribution in [0.1, 0.15) is 69.3 Å². The zero-order valence-corrected chi connectivity index (χ0v) is 16.5. The molecule has 0 amide bonds. The number of aliphatic hydroxyl groups excluding tert-OH is 1. The molecule has 0 saturated carbocycles. The fraction of sp³-hybridized carbons (Fsp3) is 0.526. The summed E-state index contributed by atoms with van der Waals surface area (Å²) in [4.78, 5) is 4.55. The summed E-state index contributed by atoms with van der Waals surface area (Å²) in [6, 6.07) is 2.00. The minimum absolute atomic E-state index is 0.397. The van der Waals surface area contributed by atoms with Gasteiger partial charge in [0.2, 0.25) is 0 Å². The van der Waals surface area contributed by atoms with Gasteiger partial charge in [0.25, 0.3) is 0 Å². The van der Waals surface area contributed by atoms with Crippen LogP contribution in [0.2, 0.25) is 0 Å². The number of aromatic nitrogens is 5. The Bertz CT molecular complexity index is 874. The van der Waals surface area contributed by atoms with Gasteiger partial charge < -0.3 is 5.11 Å². The van der Waals surface area contributed by atoms with Crippen LogP contribution in [0, 0.1) is 13.8 Å². The molecular weight excluding hydrogens is 314 g/mol. The van der Waals surface area contributed by atoms with E-state index in [4.69, 9.17) is 5.10 Å². The zero-order valence-electron chi connectivity index (χ0n) is 16.5. The topological polar surface area (TPSA) is 68.8 Å². The quantitative estimate of drug-likeness (QED) is 0.781. The van der Waals surface area contributed by atoms with Crippen molar-refractivity contribution in [3.05, 3.63) is 34.9 Å². The first-order valence-electron chi connectivity index (χ1n) is 8.88. The number of fused-ring (bicyclic) bond motifs is 1. The van der Waals surface area contributed by atoms with Crippen molar-refractivity contribution in [2.45, 2.75) is 60.5 Å². The third kappa shape index (κ3) is 3.44. The highest BCUT2D eigenvalue weighted by molar-refractivity contribution is 5.77. The molecule has 3 rings (SSSR count). The first kappa shape index (κ1) is 19.1. The monoisotopic (exact) mass is 343 g/mol. The molecule has 0 aliphatic rings. The van der Waals surface area contributed by atoms with E-state index in [1.54, 1.807) is 11.6 Å². The summed E-state index contributed by atoms with van der Waals surface area (Å²) in [5.41, 5.74) is 5.39. The number of pyridine rings is 1. The van der Waals surface area contributed by atoms with Crippen LogP contribution in [-0.2, 0) is 7.05 Å². The number of hydrogen-bond acceptors (Lipinski definition) is 4. The van der Waals surface area contributed by atoms with Crippen molar-refractivity contribution in [1.29, 1.82) is 0 Å². The Balaban J connectivity index is 0.00000109. The molecule has 6 heteroatoms. The minimum atomic E-state index is -0.692. The second-order valence-electron chi connectivity index (χ2n) is 6.44. The first-order chi connectivity index (χ1) is 11.8. The highest BCUT2D eigenvalue weighted by atomic mass is 16.3. The Morgan fingerprint density at radius 2 is 1.72 bits per heavy atom. The van der Waals surface area contributed by atoms with Crippen LogP contribution in [0.4, 0.5) is 0 Å². The lowest BCUT2D eigenvalue weighted by Gasteiger charge is -2.13. The van der Waals surface area contributed by atoms with E-state index >= 15 is 0 Å². The third-order valence-corrected chi connectivity index (χ3v) is 4.17. The molecule has 0 radical (unpaired) electrons. The van der Waals surface area contributed by atoms with Crippen LogP contribution in [-0.4, -0.2) is 29.7 Å². The van der Waals surface area contributed by atoms with Gasteiger partial charge in [0.05, 0.1) is 23.2 Å². The van der Waals surface area contributed by atoms with Crippen molar-refractivity contribution in [3.8, 4) is 5.69 Å². The Morgan fingerprint density at radius 3 is 2.24 bits per heavy atom. The molecule has 3 heterocycles. The standard InChI is InChI=1S/C17H23N5O.C2H6/c1-9(2)15-10(3)19-22(11(15)4)14-7-13-8-21(6)20-17(13)18-16(14)12(5)23;1-2/h7-9,12,23H,1-6H3;1-2H3. The molecule has 136 valence electrons. The fourth-order valence-corrected chi connectivity index (χ4v) is 3.28. The molecule has 0 fully saturated rings. The second-order valence-corrected chi connectivity index (χ2v) is 6.44. The SMILES string of the molecule is CC.Cc1nn(-c2cc3cn(C)nc3nc2C(C)O)c(C)c1C(C)C. The third-order valence-electron chi connectivity index (χ3n) is 4.17. The van der Waals surface area contributed by atoms with Gasteiger partial charge in [0, 0.05) is 24.3 Å². The molecule has 0 saturated heterocycles. The molecule has 3 aromatic rings. The second kappa shape index (κ2) is 7.35. The average Bonchev–Trinajstić information content (AvgIpc) is 3.05. The van der Waals surface area contributed by atoms with E-state index in [1.165, 1.54) is 5.56 Å².